The summed E-state index contributed by atoms with van der Waals surface area (Å²) in [7, 11) is 0. The Hall–Kier alpha value is -2.50. The lowest BCUT2D eigenvalue weighted by molar-refractivity contribution is -0.132. The molecule has 0 saturated carbocycles. The van der Waals surface area contributed by atoms with Crippen LogP contribution < -0.4 is 4.90 Å². The van der Waals surface area contributed by atoms with Gasteiger partial charge in [-0.05, 0) is 61.9 Å². The average Bonchev–Trinajstić information content (AvgIpc) is 3.00. The van der Waals surface area contributed by atoms with Gasteiger partial charge in [-0.1, -0.05) is 12.1 Å². The molecule has 0 radical (unpaired) electrons. The molecule has 0 aliphatic carbocycles. The van der Waals surface area contributed by atoms with E-state index in [-0.39, 0.29) is 17.9 Å². The van der Waals surface area contributed by atoms with Crippen LogP contribution in [0.1, 0.15) is 30.4 Å². The van der Waals surface area contributed by atoms with Crippen LogP contribution in [-0.2, 0) is 11.2 Å². The third kappa shape index (κ3) is 3.86. The van der Waals surface area contributed by atoms with Crippen molar-refractivity contribution in [3.8, 4) is 0 Å². The normalized spacial score (nSPS) is 21.9. The van der Waals surface area contributed by atoms with Crippen molar-refractivity contribution in [2.24, 2.45) is 5.92 Å². The van der Waals surface area contributed by atoms with E-state index in [0.717, 1.165) is 55.8 Å². The summed E-state index contributed by atoms with van der Waals surface area (Å²) in [4.78, 5) is 21.5. The number of carbonyl (C=O) groups is 1. The van der Waals surface area contributed by atoms with Crippen molar-refractivity contribution in [1.29, 1.82) is 0 Å². The Morgan fingerprint density at radius 2 is 2.00 bits per heavy atom. The molecule has 148 valence electrons. The molecule has 2 atom stereocenters. The third-order valence-corrected chi connectivity index (χ3v) is 5.89. The molecule has 2 aliphatic heterocycles. The average molecular weight is 385 g/mol. The molecule has 1 aromatic carbocycles. The van der Waals surface area contributed by atoms with Crippen LogP contribution in [0.5, 0.6) is 0 Å². The van der Waals surface area contributed by atoms with Gasteiger partial charge < -0.3 is 9.80 Å². The molecule has 3 heterocycles. The smallest absolute Gasteiger partial charge is 0.226 e. The first kappa shape index (κ1) is 18.8. The number of halogens is 2. The van der Waals surface area contributed by atoms with Crippen molar-refractivity contribution in [2.75, 3.05) is 24.5 Å². The van der Waals surface area contributed by atoms with Crippen molar-refractivity contribution in [3.63, 3.8) is 0 Å². The second-order valence-electron chi connectivity index (χ2n) is 7.90. The lowest BCUT2D eigenvalue weighted by Gasteiger charge is -2.38. The van der Waals surface area contributed by atoms with E-state index >= 15 is 0 Å². The number of hydrogen-bond donors (Lipinski definition) is 0. The number of rotatable bonds is 5. The van der Waals surface area contributed by atoms with Gasteiger partial charge in [-0.2, -0.15) is 0 Å². The van der Waals surface area contributed by atoms with E-state index in [1.165, 1.54) is 12.1 Å². The van der Waals surface area contributed by atoms with Crippen molar-refractivity contribution in [3.05, 3.63) is 59.3 Å². The fourth-order valence-electron chi connectivity index (χ4n) is 4.36. The first-order valence-corrected chi connectivity index (χ1v) is 9.93. The van der Waals surface area contributed by atoms with E-state index in [2.05, 4.69) is 16.0 Å². The summed E-state index contributed by atoms with van der Waals surface area (Å²) in [5.74, 6) is -0.386. The summed E-state index contributed by atoms with van der Waals surface area (Å²) in [5, 5.41) is 0. The molecule has 2 aromatic rings. The van der Waals surface area contributed by atoms with Crippen LogP contribution in [0.3, 0.4) is 0 Å². The Bertz CT molecular complexity index is 855. The largest absolute Gasteiger partial charge is 0.353 e. The van der Waals surface area contributed by atoms with E-state index < -0.39 is 11.6 Å². The number of anilines is 1. The lowest BCUT2D eigenvalue weighted by Crippen LogP contribution is -2.51. The Kier molecular flexibility index (Phi) is 5.29. The number of piperazine rings is 1. The summed E-state index contributed by atoms with van der Waals surface area (Å²) >= 11 is 0. The first-order chi connectivity index (χ1) is 13.5. The third-order valence-electron chi connectivity index (χ3n) is 5.89. The Morgan fingerprint density at radius 3 is 2.75 bits per heavy atom. The standard InChI is InChI=1S/C22H25F2N3O/c1-15-5-8-21(25-13-15)26-9-10-27-18(14-26)12-17(22(27)28)4-2-3-16-6-7-19(23)20(24)11-16/h5-8,11,13,17-18H,2-4,9-10,12,14H2,1H3/t17-,18-/m0/s1. The maximum absolute atomic E-state index is 13.3. The fraction of sp³-hybridized carbons (Fsp3) is 0.455. The number of carbonyl (C=O) groups excluding carboxylic acids is 1. The van der Waals surface area contributed by atoms with Gasteiger partial charge in [0.15, 0.2) is 11.6 Å². The van der Waals surface area contributed by atoms with E-state index in [0.29, 0.717) is 6.42 Å². The van der Waals surface area contributed by atoms with E-state index in [1.54, 1.807) is 6.07 Å². The molecule has 1 amide bonds. The fourth-order valence-corrected chi connectivity index (χ4v) is 4.36. The topological polar surface area (TPSA) is 36.4 Å². The van der Waals surface area contributed by atoms with Gasteiger partial charge in [0, 0.05) is 31.7 Å². The quantitative estimate of drug-likeness (QED) is 0.787. The van der Waals surface area contributed by atoms with Gasteiger partial charge in [0.1, 0.15) is 5.82 Å². The molecular weight excluding hydrogens is 360 g/mol. The van der Waals surface area contributed by atoms with Crippen molar-refractivity contribution < 1.29 is 13.6 Å². The van der Waals surface area contributed by atoms with Gasteiger partial charge in [0.05, 0.1) is 6.04 Å². The number of nitrogens with zero attached hydrogens (tertiary/aromatic N) is 3. The number of fused-ring (bicyclic) bond motifs is 1. The van der Waals surface area contributed by atoms with Crippen LogP contribution in [0, 0.1) is 24.5 Å². The molecule has 2 fully saturated rings. The SMILES string of the molecule is Cc1ccc(N2CCN3C(=O)[C@@H](CCCc4ccc(F)c(F)c4)C[C@H]3C2)nc1. The maximum atomic E-state index is 13.3. The molecule has 6 heteroatoms. The van der Waals surface area contributed by atoms with Crippen LogP contribution in [0.4, 0.5) is 14.6 Å². The minimum Gasteiger partial charge on any atom is -0.353 e. The zero-order valence-corrected chi connectivity index (χ0v) is 16.1. The highest BCUT2D eigenvalue weighted by Crippen LogP contribution is 2.32. The number of benzene rings is 1. The molecule has 4 nitrogen and oxygen atoms in total. The molecule has 28 heavy (non-hydrogen) atoms. The van der Waals surface area contributed by atoms with Crippen LogP contribution in [-0.4, -0.2) is 41.5 Å². The van der Waals surface area contributed by atoms with E-state index in [4.69, 9.17) is 0 Å². The summed E-state index contributed by atoms with van der Waals surface area (Å²) in [5.41, 5.74) is 1.92. The van der Waals surface area contributed by atoms with E-state index in [9.17, 15) is 13.6 Å². The first-order valence-electron chi connectivity index (χ1n) is 9.93. The summed E-state index contributed by atoms with van der Waals surface area (Å²) in [6, 6.07) is 8.37. The van der Waals surface area contributed by atoms with Crippen LogP contribution in [0.15, 0.2) is 36.5 Å². The van der Waals surface area contributed by atoms with Crippen molar-refractivity contribution in [2.45, 2.75) is 38.6 Å². The Morgan fingerprint density at radius 1 is 1.14 bits per heavy atom. The lowest BCUT2D eigenvalue weighted by atomic mass is 9.96. The number of aromatic nitrogens is 1. The van der Waals surface area contributed by atoms with Gasteiger partial charge >= 0.3 is 0 Å². The van der Waals surface area contributed by atoms with Gasteiger partial charge in [-0.15, -0.1) is 0 Å². The molecular formula is C22H25F2N3O. The zero-order chi connectivity index (χ0) is 19.7. The van der Waals surface area contributed by atoms with Crippen LogP contribution in [0.2, 0.25) is 0 Å². The Balaban J connectivity index is 1.32. The number of amides is 1. The molecule has 0 spiro atoms. The predicted molar refractivity (Wildman–Crippen MR) is 104 cm³/mol. The van der Waals surface area contributed by atoms with Gasteiger partial charge in [0.25, 0.3) is 0 Å². The summed E-state index contributed by atoms with van der Waals surface area (Å²) in [6.07, 6.45) is 4.98. The molecule has 1 aromatic heterocycles. The molecule has 0 unspecified atom stereocenters. The summed E-state index contributed by atoms with van der Waals surface area (Å²) in [6.45, 7) is 4.38. The molecule has 2 saturated heterocycles. The maximum Gasteiger partial charge on any atom is 0.226 e. The monoisotopic (exact) mass is 385 g/mol. The van der Waals surface area contributed by atoms with Crippen molar-refractivity contribution >= 4 is 11.7 Å². The molecule has 0 N–H and O–H groups in total. The minimum absolute atomic E-state index is 0.0289. The van der Waals surface area contributed by atoms with Gasteiger partial charge in [-0.25, -0.2) is 13.8 Å². The number of hydrogen-bond acceptors (Lipinski definition) is 3. The Labute approximate surface area is 164 Å². The highest BCUT2D eigenvalue weighted by Gasteiger charge is 2.41. The second kappa shape index (κ2) is 7.86. The van der Waals surface area contributed by atoms with Crippen LogP contribution >= 0.6 is 0 Å². The zero-order valence-electron chi connectivity index (χ0n) is 16.1. The van der Waals surface area contributed by atoms with Gasteiger partial charge in [0.2, 0.25) is 5.91 Å². The summed E-state index contributed by atoms with van der Waals surface area (Å²) < 4.78 is 26.4. The second-order valence-corrected chi connectivity index (χ2v) is 7.90. The van der Waals surface area contributed by atoms with Crippen LogP contribution in [0.25, 0.3) is 0 Å². The van der Waals surface area contributed by atoms with Crippen molar-refractivity contribution in [1.82, 2.24) is 9.88 Å². The van der Waals surface area contributed by atoms with E-state index in [1.807, 2.05) is 24.1 Å². The highest BCUT2D eigenvalue weighted by atomic mass is 19.2. The van der Waals surface area contributed by atoms with Gasteiger partial charge in [-0.3, -0.25) is 4.79 Å². The molecule has 0 bridgehead atoms. The predicted octanol–water partition coefficient (Wildman–Crippen LogP) is 3.73. The highest BCUT2D eigenvalue weighted by molar-refractivity contribution is 5.82. The minimum atomic E-state index is -0.820. The number of pyridine rings is 1. The number of aryl methyl sites for hydroxylation is 2. The molecule has 4 rings (SSSR count). The molecule has 2 aliphatic rings.